The van der Waals surface area contributed by atoms with Gasteiger partial charge in [0.15, 0.2) is 0 Å². The summed E-state index contributed by atoms with van der Waals surface area (Å²) in [6, 6.07) is 2.44. The molecule has 0 aliphatic carbocycles. The van der Waals surface area contributed by atoms with Gasteiger partial charge in [-0.25, -0.2) is 4.79 Å². The normalized spacial score (nSPS) is 9.62. The van der Waals surface area contributed by atoms with Crippen molar-refractivity contribution in [2.45, 2.75) is 0 Å². The second kappa shape index (κ2) is 4.52. The number of nitrogens with two attached hydrogens (primary N) is 1. The van der Waals surface area contributed by atoms with Crippen LogP contribution in [0.1, 0.15) is 20.7 Å². The van der Waals surface area contributed by atoms with Crippen LogP contribution < -0.4 is 15.2 Å². The minimum atomic E-state index is -1.21. The monoisotopic (exact) mass is 225 g/mol. The molecule has 86 valence electrons. The number of carboxylic acids is 1. The molecule has 0 bridgehead atoms. The molecule has 0 aliphatic rings. The standard InChI is InChI=1S/C10H11NO5/c1-15-7-4-8(16-2)6(10(13)14)3-5(7)9(11)12/h3-4H,1-2H3,(H2,11,12)(H,13,14). The van der Waals surface area contributed by atoms with Crippen molar-refractivity contribution in [2.75, 3.05) is 14.2 Å². The van der Waals surface area contributed by atoms with E-state index in [1.165, 1.54) is 20.3 Å². The molecule has 1 rings (SSSR count). The molecule has 0 radical (unpaired) electrons. The van der Waals surface area contributed by atoms with Gasteiger partial charge >= 0.3 is 5.97 Å². The first-order valence-corrected chi connectivity index (χ1v) is 4.30. The zero-order valence-electron chi connectivity index (χ0n) is 8.81. The van der Waals surface area contributed by atoms with Crippen LogP contribution in [-0.4, -0.2) is 31.2 Å². The van der Waals surface area contributed by atoms with Crippen molar-refractivity contribution in [3.05, 3.63) is 23.3 Å². The van der Waals surface area contributed by atoms with Crippen molar-refractivity contribution in [2.24, 2.45) is 5.73 Å². The lowest BCUT2D eigenvalue weighted by atomic mass is 10.1. The largest absolute Gasteiger partial charge is 0.496 e. The average Bonchev–Trinajstić information content (AvgIpc) is 2.26. The molecule has 0 aliphatic heterocycles. The second-order valence-corrected chi connectivity index (χ2v) is 2.92. The fourth-order valence-corrected chi connectivity index (χ4v) is 1.26. The molecule has 3 N–H and O–H groups in total. The number of amides is 1. The van der Waals surface area contributed by atoms with E-state index in [0.29, 0.717) is 0 Å². The Labute approximate surface area is 91.6 Å². The topological polar surface area (TPSA) is 98.8 Å². The number of benzene rings is 1. The molecule has 6 heteroatoms. The zero-order chi connectivity index (χ0) is 12.3. The summed E-state index contributed by atoms with van der Waals surface area (Å²) in [4.78, 5) is 21.9. The summed E-state index contributed by atoms with van der Waals surface area (Å²) in [5, 5.41) is 8.89. The molecule has 0 unspecified atom stereocenters. The van der Waals surface area contributed by atoms with Gasteiger partial charge in [-0.2, -0.15) is 0 Å². The van der Waals surface area contributed by atoms with Crippen molar-refractivity contribution in [3.63, 3.8) is 0 Å². The Balaban J connectivity index is 3.46. The Hall–Kier alpha value is -2.24. The van der Waals surface area contributed by atoms with Crippen LogP contribution >= 0.6 is 0 Å². The number of methoxy groups -OCH3 is 2. The van der Waals surface area contributed by atoms with Gasteiger partial charge in [0.2, 0.25) is 0 Å². The van der Waals surface area contributed by atoms with E-state index in [-0.39, 0.29) is 22.6 Å². The Bertz CT molecular complexity index is 404. The van der Waals surface area contributed by atoms with Gasteiger partial charge in [0.1, 0.15) is 17.1 Å². The molecule has 0 heterocycles. The number of rotatable bonds is 4. The predicted octanol–water partition coefficient (Wildman–Crippen LogP) is 0.501. The van der Waals surface area contributed by atoms with Gasteiger partial charge in [-0.15, -0.1) is 0 Å². The van der Waals surface area contributed by atoms with E-state index in [2.05, 4.69) is 0 Å². The third-order valence-electron chi connectivity index (χ3n) is 2.02. The Morgan fingerprint density at radius 2 is 1.62 bits per heavy atom. The molecule has 0 atom stereocenters. The third-order valence-corrected chi connectivity index (χ3v) is 2.02. The molecule has 1 aromatic carbocycles. The lowest BCUT2D eigenvalue weighted by Gasteiger charge is -2.10. The van der Waals surface area contributed by atoms with Crippen LogP contribution in [0.4, 0.5) is 0 Å². The van der Waals surface area contributed by atoms with E-state index in [0.717, 1.165) is 6.07 Å². The number of carboxylic acid groups (broad SMARTS) is 1. The molecular weight excluding hydrogens is 214 g/mol. The van der Waals surface area contributed by atoms with Gasteiger partial charge in [-0.3, -0.25) is 4.79 Å². The van der Waals surface area contributed by atoms with Crippen LogP contribution in [-0.2, 0) is 0 Å². The highest BCUT2D eigenvalue weighted by atomic mass is 16.5. The van der Waals surface area contributed by atoms with Crippen LogP contribution in [0.3, 0.4) is 0 Å². The third kappa shape index (κ3) is 2.05. The number of hydrogen-bond donors (Lipinski definition) is 2. The first-order valence-electron chi connectivity index (χ1n) is 4.30. The van der Waals surface area contributed by atoms with E-state index in [9.17, 15) is 9.59 Å². The zero-order valence-corrected chi connectivity index (χ0v) is 8.81. The summed E-state index contributed by atoms with van der Waals surface area (Å²) in [5.74, 6) is -1.69. The van der Waals surface area contributed by atoms with E-state index in [1.54, 1.807) is 0 Å². The van der Waals surface area contributed by atoms with E-state index in [4.69, 9.17) is 20.3 Å². The highest BCUT2D eigenvalue weighted by Crippen LogP contribution is 2.28. The fraction of sp³-hybridized carbons (Fsp3) is 0.200. The summed E-state index contributed by atoms with van der Waals surface area (Å²) in [6.45, 7) is 0. The second-order valence-electron chi connectivity index (χ2n) is 2.92. The first kappa shape index (κ1) is 11.8. The Kier molecular flexibility index (Phi) is 3.34. The molecule has 0 saturated carbocycles. The van der Waals surface area contributed by atoms with Gasteiger partial charge in [-0.1, -0.05) is 0 Å². The molecule has 0 aromatic heterocycles. The lowest BCUT2D eigenvalue weighted by Crippen LogP contribution is -2.14. The van der Waals surface area contributed by atoms with Crippen LogP contribution in [0, 0.1) is 0 Å². The molecular formula is C10H11NO5. The minimum Gasteiger partial charge on any atom is -0.496 e. The number of hydrogen-bond acceptors (Lipinski definition) is 4. The maximum atomic E-state index is 11.1. The van der Waals surface area contributed by atoms with E-state index >= 15 is 0 Å². The molecule has 0 spiro atoms. The summed E-state index contributed by atoms with van der Waals surface area (Å²) < 4.78 is 9.78. The minimum absolute atomic E-state index is 0.000648. The lowest BCUT2D eigenvalue weighted by molar-refractivity contribution is 0.0693. The van der Waals surface area contributed by atoms with Gasteiger partial charge in [-0.05, 0) is 6.07 Å². The summed E-state index contributed by atoms with van der Waals surface area (Å²) in [5.41, 5.74) is 4.96. The maximum absolute atomic E-state index is 11.1. The summed E-state index contributed by atoms with van der Waals surface area (Å²) >= 11 is 0. The summed E-state index contributed by atoms with van der Waals surface area (Å²) in [6.07, 6.45) is 0. The van der Waals surface area contributed by atoms with Gasteiger partial charge in [0.25, 0.3) is 5.91 Å². The molecule has 1 amide bonds. The number of ether oxygens (including phenoxy) is 2. The highest BCUT2D eigenvalue weighted by molar-refractivity contribution is 6.00. The fourth-order valence-electron chi connectivity index (χ4n) is 1.26. The SMILES string of the molecule is COc1cc(OC)c(C(=O)O)cc1C(N)=O. The molecule has 6 nitrogen and oxygen atoms in total. The first-order chi connectivity index (χ1) is 7.51. The quantitative estimate of drug-likeness (QED) is 0.777. The maximum Gasteiger partial charge on any atom is 0.339 e. The van der Waals surface area contributed by atoms with Crippen molar-refractivity contribution >= 4 is 11.9 Å². The van der Waals surface area contributed by atoms with E-state index < -0.39 is 11.9 Å². The number of aromatic carboxylic acids is 1. The van der Waals surface area contributed by atoms with Gasteiger partial charge in [0, 0.05) is 6.07 Å². The Morgan fingerprint density at radius 1 is 1.12 bits per heavy atom. The molecule has 1 aromatic rings. The summed E-state index contributed by atoms with van der Waals surface area (Å²) in [7, 11) is 2.67. The van der Waals surface area contributed by atoms with Crippen molar-refractivity contribution < 1.29 is 24.2 Å². The van der Waals surface area contributed by atoms with Crippen LogP contribution in [0.15, 0.2) is 12.1 Å². The van der Waals surface area contributed by atoms with Gasteiger partial charge in [0.05, 0.1) is 19.8 Å². The highest BCUT2D eigenvalue weighted by Gasteiger charge is 2.18. The predicted molar refractivity (Wildman–Crippen MR) is 55.0 cm³/mol. The molecule has 0 saturated heterocycles. The molecule has 16 heavy (non-hydrogen) atoms. The Morgan fingerprint density at radius 3 is 2.00 bits per heavy atom. The van der Waals surface area contributed by atoms with Gasteiger partial charge < -0.3 is 20.3 Å². The molecule has 0 fully saturated rings. The van der Waals surface area contributed by atoms with Crippen LogP contribution in [0.25, 0.3) is 0 Å². The van der Waals surface area contributed by atoms with Crippen LogP contribution in [0.5, 0.6) is 11.5 Å². The average molecular weight is 225 g/mol. The van der Waals surface area contributed by atoms with Crippen molar-refractivity contribution in [3.8, 4) is 11.5 Å². The van der Waals surface area contributed by atoms with Crippen molar-refractivity contribution in [1.82, 2.24) is 0 Å². The number of carbonyl (C=O) groups is 2. The smallest absolute Gasteiger partial charge is 0.339 e. The van der Waals surface area contributed by atoms with E-state index in [1.807, 2.05) is 0 Å². The number of carbonyl (C=O) groups excluding carboxylic acids is 1. The van der Waals surface area contributed by atoms with Crippen molar-refractivity contribution in [1.29, 1.82) is 0 Å². The van der Waals surface area contributed by atoms with Crippen LogP contribution in [0.2, 0.25) is 0 Å². The number of primary amides is 1.